The lowest BCUT2D eigenvalue weighted by atomic mass is 10.0. The maximum Gasteiger partial charge on any atom is -0.00190 e. The van der Waals surface area contributed by atoms with Gasteiger partial charge in [0.2, 0.25) is 0 Å². The van der Waals surface area contributed by atoms with E-state index in [1.165, 1.54) is 199 Å². The predicted molar refractivity (Wildman–Crippen MR) is 163 cm³/mol. The first kappa shape index (κ1) is 35.0. The van der Waals surface area contributed by atoms with Crippen molar-refractivity contribution in [2.45, 2.75) is 201 Å². The third-order valence-electron chi connectivity index (χ3n) is 8.22. The van der Waals surface area contributed by atoms with Crippen molar-refractivity contribution >= 4 is 0 Å². The molecule has 0 aliphatic carbocycles. The Morgan fingerprint density at radius 2 is 0.457 bits per heavy atom. The molecule has 0 amide bonds. The van der Waals surface area contributed by atoms with Crippen LogP contribution in [0, 0.1) is 0 Å². The molecule has 0 aromatic rings. The van der Waals surface area contributed by atoms with Crippen LogP contribution in [0.15, 0.2) is 0 Å². The summed E-state index contributed by atoms with van der Waals surface area (Å²) in [6.45, 7) is 10.6. The van der Waals surface area contributed by atoms with Gasteiger partial charge in [0.15, 0.2) is 0 Å². The van der Waals surface area contributed by atoms with Crippen LogP contribution in [0.25, 0.3) is 0 Å². The van der Waals surface area contributed by atoms with Crippen LogP contribution in [0.3, 0.4) is 0 Å². The summed E-state index contributed by atoms with van der Waals surface area (Å²) < 4.78 is 0. The number of nitrogens with zero attached hydrogens (tertiary/aromatic N) is 1. The van der Waals surface area contributed by atoms with Crippen molar-refractivity contribution in [2.75, 3.05) is 19.6 Å². The highest BCUT2D eigenvalue weighted by molar-refractivity contribution is 4.54. The Kier molecular flexibility index (Phi) is 32.0. The van der Waals surface area contributed by atoms with Crippen LogP contribution in [0.5, 0.6) is 0 Å². The van der Waals surface area contributed by atoms with Gasteiger partial charge < -0.3 is 4.90 Å². The second kappa shape index (κ2) is 32.0. The molecule has 0 aliphatic heterocycles. The van der Waals surface area contributed by atoms with Crippen LogP contribution >= 0.6 is 0 Å². The fourth-order valence-corrected chi connectivity index (χ4v) is 5.54. The molecule has 0 rings (SSSR count). The molecular formula is C34H71N. The van der Waals surface area contributed by atoms with E-state index in [1.807, 2.05) is 0 Å². The van der Waals surface area contributed by atoms with Gasteiger partial charge in [0.05, 0.1) is 0 Å². The molecule has 0 aromatic heterocycles. The monoisotopic (exact) mass is 494 g/mol. The van der Waals surface area contributed by atoms with Crippen LogP contribution in [0.4, 0.5) is 0 Å². The summed E-state index contributed by atoms with van der Waals surface area (Å²) in [6, 6.07) is 0. The summed E-state index contributed by atoms with van der Waals surface area (Å²) in [5.41, 5.74) is 0. The smallest absolute Gasteiger partial charge is 0.00190 e. The summed E-state index contributed by atoms with van der Waals surface area (Å²) in [4.78, 5) is 2.56. The van der Waals surface area contributed by atoms with Gasteiger partial charge in [-0.2, -0.15) is 0 Å². The van der Waals surface area contributed by atoms with Gasteiger partial charge in [0.1, 0.15) is 0 Å². The van der Waals surface area contributed by atoms with Gasteiger partial charge in [-0.15, -0.1) is 0 Å². The van der Waals surface area contributed by atoms with Crippen molar-refractivity contribution in [1.82, 2.24) is 4.90 Å². The molecule has 212 valence electrons. The van der Waals surface area contributed by atoms with Crippen LogP contribution < -0.4 is 0 Å². The molecular weight excluding hydrogens is 422 g/mol. The zero-order valence-corrected chi connectivity index (χ0v) is 25.4. The van der Waals surface area contributed by atoms with E-state index in [-0.39, 0.29) is 0 Å². The Bertz CT molecular complexity index is 348. The Morgan fingerprint density at radius 3 is 0.657 bits per heavy atom. The van der Waals surface area contributed by atoms with E-state index in [2.05, 4.69) is 25.7 Å². The van der Waals surface area contributed by atoms with Gasteiger partial charge in [-0.1, -0.05) is 194 Å². The Balaban J connectivity index is 3.04. The van der Waals surface area contributed by atoms with E-state index in [0.29, 0.717) is 0 Å². The largest absolute Gasteiger partial charge is 0.304 e. The first-order valence-corrected chi connectivity index (χ1v) is 17.1. The molecule has 1 heteroatoms. The van der Waals surface area contributed by atoms with Crippen molar-refractivity contribution in [2.24, 2.45) is 0 Å². The lowest BCUT2D eigenvalue weighted by molar-refractivity contribution is 0.295. The second-order valence-electron chi connectivity index (χ2n) is 11.6. The molecule has 0 aliphatic rings. The summed E-state index contributed by atoms with van der Waals surface area (Å²) in [7, 11) is 0. The van der Waals surface area contributed by atoms with Crippen molar-refractivity contribution in [3.63, 3.8) is 0 Å². The molecule has 0 spiro atoms. The molecule has 0 N–H and O–H groups in total. The molecule has 35 heavy (non-hydrogen) atoms. The van der Waals surface area contributed by atoms with E-state index in [4.69, 9.17) is 0 Å². The summed E-state index contributed by atoms with van der Waals surface area (Å²) in [6.07, 6.45) is 41.3. The Morgan fingerprint density at radius 1 is 0.257 bits per heavy atom. The number of rotatable bonds is 31. The molecule has 0 saturated carbocycles. The van der Waals surface area contributed by atoms with Crippen molar-refractivity contribution in [3.05, 3.63) is 0 Å². The molecule has 0 heterocycles. The highest BCUT2D eigenvalue weighted by Gasteiger charge is 1.99. The van der Waals surface area contributed by atoms with E-state index in [1.54, 1.807) is 0 Å². The molecule has 0 aromatic carbocycles. The van der Waals surface area contributed by atoms with Crippen molar-refractivity contribution in [1.29, 1.82) is 0 Å². The lowest BCUT2D eigenvalue weighted by Gasteiger charge is -2.17. The van der Waals surface area contributed by atoms with Crippen LogP contribution in [0.1, 0.15) is 201 Å². The fraction of sp³-hybridized carbons (Fsp3) is 1.00. The summed E-state index contributed by atoms with van der Waals surface area (Å²) >= 11 is 0. The maximum absolute atomic E-state index is 2.56. The normalized spacial score (nSPS) is 11.7. The number of hydrogen-bond acceptors (Lipinski definition) is 1. The van der Waals surface area contributed by atoms with Crippen molar-refractivity contribution < 1.29 is 0 Å². The van der Waals surface area contributed by atoms with E-state index < -0.39 is 0 Å². The molecule has 0 radical (unpaired) electrons. The van der Waals surface area contributed by atoms with Crippen LogP contribution in [0.2, 0.25) is 0 Å². The fourth-order valence-electron chi connectivity index (χ4n) is 5.54. The summed E-state index contributed by atoms with van der Waals surface area (Å²) in [5, 5.41) is 0. The zero-order chi connectivity index (χ0) is 25.5. The molecule has 0 bridgehead atoms. The maximum atomic E-state index is 2.56. The highest BCUT2D eigenvalue weighted by Crippen LogP contribution is 2.16. The number of unbranched alkanes of at least 4 members (excludes halogenated alkanes) is 27. The average molecular weight is 494 g/mol. The molecule has 0 fully saturated rings. The van der Waals surface area contributed by atoms with Gasteiger partial charge in [-0.3, -0.25) is 0 Å². The zero-order valence-electron chi connectivity index (χ0n) is 25.4. The molecule has 1 nitrogen and oxygen atoms in total. The first-order chi connectivity index (χ1) is 17.3. The second-order valence-corrected chi connectivity index (χ2v) is 11.6. The van der Waals surface area contributed by atoms with E-state index >= 15 is 0 Å². The number of hydrogen-bond donors (Lipinski definition) is 0. The highest BCUT2D eigenvalue weighted by atomic mass is 15.1. The first-order valence-electron chi connectivity index (χ1n) is 17.1. The Labute approximate surface area is 225 Å². The van der Waals surface area contributed by atoms with Gasteiger partial charge >= 0.3 is 0 Å². The SMILES string of the molecule is CCCCCCCCCCCCCCCCCCCCCCCCCCCCCCN(CC)CC. The van der Waals surface area contributed by atoms with E-state index in [9.17, 15) is 0 Å². The third-order valence-corrected chi connectivity index (χ3v) is 8.22. The minimum atomic E-state index is 1.22. The Hall–Kier alpha value is -0.0400. The minimum Gasteiger partial charge on any atom is -0.304 e. The molecule has 0 atom stereocenters. The van der Waals surface area contributed by atoms with Crippen LogP contribution in [-0.4, -0.2) is 24.5 Å². The van der Waals surface area contributed by atoms with Crippen molar-refractivity contribution in [3.8, 4) is 0 Å². The van der Waals surface area contributed by atoms with Gasteiger partial charge in [-0.25, -0.2) is 0 Å². The topological polar surface area (TPSA) is 3.24 Å². The van der Waals surface area contributed by atoms with Gasteiger partial charge in [0.25, 0.3) is 0 Å². The van der Waals surface area contributed by atoms with Gasteiger partial charge in [0, 0.05) is 0 Å². The minimum absolute atomic E-state index is 1.22. The van der Waals surface area contributed by atoms with Gasteiger partial charge in [-0.05, 0) is 26.1 Å². The quantitative estimate of drug-likeness (QED) is 0.0867. The third kappa shape index (κ3) is 30.1. The van der Waals surface area contributed by atoms with E-state index in [0.717, 1.165) is 0 Å². The molecule has 0 unspecified atom stereocenters. The predicted octanol–water partition coefficient (Wildman–Crippen LogP) is 12.3. The average Bonchev–Trinajstić information content (AvgIpc) is 2.88. The summed E-state index contributed by atoms with van der Waals surface area (Å²) in [5.74, 6) is 0. The molecule has 0 saturated heterocycles. The standard InChI is InChI=1S/C34H71N/c1-4-7-8-9-10-11-12-13-14-15-16-17-18-19-20-21-22-23-24-25-26-27-28-29-30-31-32-33-34-35(5-2)6-3/h4-34H2,1-3H3. The lowest BCUT2D eigenvalue weighted by Crippen LogP contribution is -2.23. The van der Waals surface area contributed by atoms with Crippen LogP contribution in [-0.2, 0) is 0 Å².